The number of carbonyl (C=O) groups is 3. The summed E-state index contributed by atoms with van der Waals surface area (Å²) < 4.78 is 66.2. The van der Waals surface area contributed by atoms with Crippen LogP contribution in [0.5, 0.6) is 0 Å². The van der Waals surface area contributed by atoms with E-state index in [1.54, 1.807) is 54.6 Å². The smallest absolute Gasteiger partial charge is 0.369 e. The number of alkyl halides is 5. The monoisotopic (exact) mass is 578 g/mol. The van der Waals surface area contributed by atoms with Crippen molar-refractivity contribution >= 4 is 29.1 Å². The lowest BCUT2D eigenvalue weighted by Crippen LogP contribution is -2.51. The van der Waals surface area contributed by atoms with E-state index in [9.17, 15) is 36.3 Å². The van der Waals surface area contributed by atoms with Crippen LogP contribution < -0.4 is 16.0 Å². The van der Waals surface area contributed by atoms with E-state index in [1.165, 1.54) is 4.90 Å². The summed E-state index contributed by atoms with van der Waals surface area (Å²) in [6.07, 6.45) is -9.88. The summed E-state index contributed by atoms with van der Waals surface area (Å²) in [6, 6.07) is 16.0. The number of benzene rings is 2. The number of nitrogens with two attached hydrogens (primary N) is 1. The van der Waals surface area contributed by atoms with Gasteiger partial charge in [-0.1, -0.05) is 48.5 Å². The number of hydrogen-bond donors (Lipinski definition) is 2. The summed E-state index contributed by atoms with van der Waals surface area (Å²) >= 11 is 0. The van der Waals surface area contributed by atoms with Gasteiger partial charge in [0, 0.05) is 30.0 Å². The Bertz CT molecular complexity index is 1280. The minimum absolute atomic E-state index is 0.243. The molecule has 41 heavy (non-hydrogen) atoms. The Kier molecular flexibility index (Phi) is 9.39. The Morgan fingerprint density at radius 3 is 2.32 bits per heavy atom. The van der Waals surface area contributed by atoms with Gasteiger partial charge in [0.05, 0.1) is 17.3 Å². The van der Waals surface area contributed by atoms with Gasteiger partial charge in [-0.25, -0.2) is 13.8 Å². The van der Waals surface area contributed by atoms with E-state index in [0.29, 0.717) is 29.1 Å². The second kappa shape index (κ2) is 12.8. The second-order valence-electron chi connectivity index (χ2n) is 10.4. The Labute approximate surface area is 234 Å². The Morgan fingerprint density at radius 1 is 1.05 bits per heavy atom. The molecule has 7 nitrogen and oxygen atoms in total. The lowest BCUT2D eigenvalue weighted by atomic mass is 9.83. The largest absolute Gasteiger partial charge is 0.389 e. The molecule has 1 heterocycles. The predicted octanol–water partition coefficient (Wildman–Crippen LogP) is 4.48. The van der Waals surface area contributed by atoms with Crippen LogP contribution >= 0.6 is 0 Å². The van der Waals surface area contributed by atoms with Crippen molar-refractivity contribution in [2.45, 2.75) is 50.6 Å². The topological polar surface area (TPSA) is 105 Å². The lowest BCUT2D eigenvalue weighted by molar-refractivity contribution is -0.146. The number of rotatable bonds is 12. The molecule has 1 fully saturated rings. The van der Waals surface area contributed by atoms with Crippen molar-refractivity contribution < 1.29 is 36.3 Å². The molecule has 3 amide bonds. The standard InChI is InChI=1S/C29H31F5N4O3/c30-15-19(31)14-22(20(25(35)39)12-13-29(32,33)34)27(40)37-26-28(41)38(16-17-10-11-17)23-9-5-4-8-21(23)24(36-26)18-6-2-1-3-7-18/h1-9,17,19-20,22,26H,10-16H2,(H2,35,39)(H,37,40)/t19?,20-,22+,26+/m0/s1. The normalized spacial score (nSPS) is 19.4. The number of aliphatic imine (C=N–C) groups is 1. The van der Waals surface area contributed by atoms with Crippen molar-refractivity contribution in [1.29, 1.82) is 0 Å². The molecule has 2 aliphatic rings. The number of amides is 3. The van der Waals surface area contributed by atoms with E-state index in [1.807, 2.05) is 0 Å². The van der Waals surface area contributed by atoms with Crippen molar-refractivity contribution in [3.05, 3.63) is 65.7 Å². The lowest BCUT2D eigenvalue weighted by Gasteiger charge is -2.28. The molecule has 0 saturated heterocycles. The molecule has 1 aliphatic heterocycles. The summed E-state index contributed by atoms with van der Waals surface area (Å²) in [5.74, 6) is -6.24. The van der Waals surface area contributed by atoms with Gasteiger partial charge in [-0.15, -0.1) is 0 Å². The zero-order valence-corrected chi connectivity index (χ0v) is 22.1. The summed E-state index contributed by atoms with van der Waals surface area (Å²) in [4.78, 5) is 45.7. The van der Waals surface area contributed by atoms with E-state index in [0.717, 1.165) is 12.8 Å². The fourth-order valence-corrected chi connectivity index (χ4v) is 4.99. The molecule has 3 N–H and O–H groups in total. The van der Waals surface area contributed by atoms with Crippen molar-refractivity contribution in [3.63, 3.8) is 0 Å². The van der Waals surface area contributed by atoms with E-state index in [-0.39, 0.29) is 5.92 Å². The summed E-state index contributed by atoms with van der Waals surface area (Å²) in [5, 5.41) is 2.43. The number of primary amides is 1. The van der Waals surface area contributed by atoms with Gasteiger partial charge in [-0.2, -0.15) is 13.2 Å². The highest BCUT2D eigenvalue weighted by Crippen LogP contribution is 2.35. The first-order chi connectivity index (χ1) is 19.5. The van der Waals surface area contributed by atoms with Gasteiger partial charge in [0.15, 0.2) is 0 Å². The second-order valence-corrected chi connectivity index (χ2v) is 10.4. The van der Waals surface area contributed by atoms with Crippen LogP contribution in [0, 0.1) is 17.8 Å². The molecule has 0 radical (unpaired) electrons. The molecular weight excluding hydrogens is 547 g/mol. The third-order valence-electron chi connectivity index (χ3n) is 7.28. The number of nitrogens with zero attached hydrogens (tertiary/aromatic N) is 2. The van der Waals surface area contributed by atoms with Crippen LogP contribution in [-0.4, -0.2) is 55.2 Å². The SMILES string of the molecule is NC(=O)[C@@H](CCC(F)(F)F)[C@@H](CC(F)CF)C(=O)N[C@H]1N=C(c2ccccc2)c2ccccc2N(CC2CC2)C1=O. The van der Waals surface area contributed by atoms with Gasteiger partial charge < -0.3 is 16.0 Å². The maximum absolute atomic E-state index is 14.2. The predicted molar refractivity (Wildman–Crippen MR) is 142 cm³/mol. The van der Waals surface area contributed by atoms with Crippen molar-refractivity contribution in [2.24, 2.45) is 28.5 Å². The third kappa shape index (κ3) is 7.68. The number of carbonyl (C=O) groups excluding carboxylic acids is 3. The van der Waals surface area contributed by atoms with Crippen LogP contribution in [0.1, 0.15) is 43.2 Å². The number of hydrogen-bond acceptors (Lipinski definition) is 4. The molecule has 2 aromatic carbocycles. The fraction of sp³-hybridized carbons (Fsp3) is 0.448. The molecule has 2 aromatic rings. The van der Waals surface area contributed by atoms with Crippen molar-refractivity contribution in [2.75, 3.05) is 18.1 Å². The maximum atomic E-state index is 14.2. The first-order valence-corrected chi connectivity index (χ1v) is 13.4. The number of anilines is 1. The average Bonchev–Trinajstić information content (AvgIpc) is 3.77. The van der Waals surface area contributed by atoms with Gasteiger partial charge >= 0.3 is 6.18 Å². The molecule has 220 valence electrons. The average molecular weight is 579 g/mol. The molecule has 0 aromatic heterocycles. The molecule has 4 atom stereocenters. The van der Waals surface area contributed by atoms with Crippen LogP contribution in [0.4, 0.5) is 27.6 Å². The highest BCUT2D eigenvalue weighted by atomic mass is 19.4. The van der Waals surface area contributed by atoms with Crippen LogP contribution in [0.15, 0.2) is 59.6 Å². The highest BCUT2D eigenvalue weighted by molar-refractivity contribution is 6.20. The van der Waals surface area contributed by atoms with Crippen LogP contribution in [0.3, 0.4) is 0 Å². The Morgan fingerprint density at radius 2 is 1.71 bits per heavy atom. The quantitative estimate of drug-likeness (QED) is 0.363. The van der Waals surface area contributed by atoms with Gasteiger partial charge in [0.2, 0.25) is 18.0 Å². The molecule has 1 aliphatic carbocycles. The van der Waals surface area contributed by atoms with Crippen LogP contribution in [0.2, 0.25) is 0 Å². The molecule has 0 spiro atoms. The summed E-state index contributed by atoms with van der Waals surface area (Å²) in [7, 11) is 0. The Balaban J connectivity index is 1.73. The summed E-state index contributed by atoms with van der Waals surface area (Å²) in [5.41, 5.74) is 7.56. The molecule has 12 heteroatoms. The van der Waals surface area contributed by atoms with Crippen molar-refractivity contribution in [3.8, 4) is 0 Å². The first kappa shape index (κ1) is 30.1. The van der Waals surface area contributed by atoms with Crippen LogP contribution in [0.25, 0.3) is 0 Å². The zero-order chi connectivity index (χ0) is 29.7. The van der Waals surface area contributed by atoms with Crippen LogP contribution in [-0.2, 0) is 14.4 Å². The minimum atomic E-state index is -4.68. The van der Waals surface area contributed by atoms with Gasteiger partial charge in [0.25, 0.3) is 5.91 Å². The van der Waals surface area contributed by atoms with Crippen molar-refractivity contribution in [1.82, 2.24) is 5.32 Å². The van der Waals surface area contributed by atoms with E-state index < -0.39 is 74.0 Å². The summed E-state index contributed by atoms with van der Waals surface area (Å²) in [6.45, 7) is -1.16. The van der Waals surface area contributed by atoms with Gasteiger partial charge in [-0.05, 0) is 37.7 Å². The van der Waals surface area contributed by atoms with Gasteiger partial charge in [0.1, 0.15) is 12.8 Å². The number of nitrogens with one attached hydrogen (secondary N) is 1. The van der Waals surface area contributed by atoms with E-state index in [4.69, 9.17) is 5.73 Å². The number of benzodiazepines with no additional fused rings is 1. The zero-order valence-electron chi connectivity index (χ0n) is 22.1. The first-order valence-electron chi connectivity index (χ1n) is 13.4. The van der Waals surface area contributed by atoms with E-state index in [2.05, 4.69) is 10.3 Å². The number of para-hydroxylation sites is 1. The minimum Gasteiger partial charge on any atom is -0.369 e. The highest BCUT2D eigenvalue weighted by Gasteiger charge is 2.41. The number of fused-ring (bicyclic) bond motifs is 1. The number of halogens is 5. The molecular formula is C29H31F5N4O3. The molecule has 0 bridgehead atoms. The fourth-order valence-electron chi connectivity index (χ4n) is 4.99. The molecule has 4 rings (SSSR count). The van der Waals surface area contributed by atoms with E-state index >= 15 is 0 Å². The Hall–Kier alpha value is -3.83. The maximum Gasteiger partial charge on any atom is 0.389 e. The van der Waals surface area contributed by atoms with Gasteiger partial charge in [-0.3, -0.25) is 14.4 Å². The molecule has 1 unspecified atom stereocenters. The molecule has 1 saturated carbocycles. The third-order valence-corrected chi connectivity index (χ3v) is 7.28.